The van der Waals surface area contributed by atoms with Crippen molar-refractivity contribution in [2.24, 2.45) is 0 Å². The average Bonchev–Trinajstić information content (AvgIpc) is 2.50. The molecule has 1 amide bonds. The summed E-state index contributed by atoms with van der Waals surface area (Å²) in [6.45, 7) is 5.18. The third-order valence-corrected chi connectivity index (χ3v) is 3.75. The van der Waals surface area contributed by atoms with Crippen LogP contribution in [-0.2, 0) is 10.0 Å². The number of methoxy groups -OCH3 is 2. The molecule has 1 rings (SSSR count). The second kappa shape index (κ2) is 8.74. The summed E-state index contributed by atoms with van der Waals surface area (Å²) in [5.41, 5.74) is 0.409. The summed E-state index contributed by atoms with van der Waals surface area (Å²) < 4.78 is 35.7. The number of nitrogens with one attached hydrogen (secondary N) is 3. The molecule has 0 fully saturated rings. The van der Waals surface area contributed by atoms with Crippen LogP contribution in [0.5, 0.6) is 11.5 Å². The summed E-state index contributed by atoms with van der Waals surface area (Å²) in [6.07, 6.45) is 1.02. The molecule has 0 aliphatic heterocycles. The fraction of sp³-hybridized carbons (Fsp3) is 0.533. The Labute approximate surface area is 143 Å². The summed E-state index contributed by atoms with van der Waals surface area (Å²) >= 11 is 0. The van der Waals surface area contributed by atoms with Crippen LogP contribution in [0.3, 0.4) is 0 Å². The van der Waals surface area contributed by atoms with Gasteiger partial charge in [-0.3, -0.25) is 9.52 Å². The highest BCUT2D eigenvalue weighted by Crippen LogP contribution is 2.37. The standard InChI is InChI=1S/C15H25N3O5S/c1-6-16-10(2)9-17-15(19)11-7-12(18-24(5,20)21)14(23-4)13(8-11)22-3/h7-8,10,16,18H,6,9H2,1-5H3,(H,17,19)/t10-/m1/s1. The van der Waals surface area contributed by atoms with E-state index in [9.17, 15) is 13.2 Å². The molecule has 0 aromatic heterocycles. The highest BCUT2D eigenvalue weighted by atomic mass is 32.2. The lowest BCUT2D eigenvalue weighted by molar-refractivity contribution is 0.0950. The first-order valence-electron chi connectivity index (χ1n) is 7.47. The van der Waals surface area contributed by atoms with E-state index in [4.69, 9.17) is 9.47 Å². The van der Waals surface area contributed by atoms with Crippen molar-refractivity contribution in [1.29, 1.82) is 0 Å². The Bertz CT molecular complexity index is 676. The molecule has 1 aromatic carbocycles. The number of hydrogen-bond acceptors (Lipinski definition) is 6. The van der Waals surface area contributed by atoms with Crippen molar-refractivity contribution in [3.05, 3.63) is 17.7 Å². The van der Waals surface area contributed by atoms with Crippen LogP contribution in [0.2, 0.25) is 0 Å². The highest BCUT2D eigenvalue weighted by molar-refractivity contribution is 7.92. The van der Waals surface area contributed by atoms with Crippen LogP contribution in [0, 0.1) is 0 Å². The lowest BCUT2D eigenvalue weighted by Gasteiger charge is -2.17. The van der Waals surface area contributed by atoms with Gasteiger partial charge in [-0.15, -0.1) is 0 Å². The largest absolute Gasteiger partial charge is 0.493 e. The van der Waals surface area contributed by atoms with Gasteiger partial charge in [0.25, 0.3) is 5.91 Å². The lowest BCUT2D eigenvalue weighted by Crippen LogP contribution is -2.38. The van der Waals surface area contributed by atoms with Gasteiger partial charge in [0, 0.05) is 18.2 Å². The number of carbonyl (C=O) groups excluding carboxylic acids is 1. The number of likely N-dealkylation sites (N-methyl/N-ethyl adjacent to an activating group) is 1. The first-order valence-corrected chi connectivity index (χ1v) is 9.36. The van der Waals surface area contributed by atoms with E-state index < -0.39 is 10.0 Å². The second-order valence-electron chi connectivity index (χ2n) is 5.30. The maximum atomic E-state index is 12.3. The second-order valence-corrected chi connectivity index (χ2v) is 7.05. The van der Waals surface area contributed by atoms with Gasteiger partial charge >= 0.3 is 0 Å². The zero-order valence-corrected chi connectivity index (χ0v) is 15.4. The van der Waals surface area contributed by atoms with Crippen LogP contribution in [-0.4, -0.2) is 53.9 Å². The monoisotopic (exact) mass is 359 g/mol. The van der Waals surface area contributed by atoms with Crippen molar-refractivity contribution in [1.82, 2.24) is 10.6 Å². The van der Waals surface area contributed by atoms with E-state index in [0.29, 0.717) is 6.54 Å². The number of rotatable bonds is 9. The Balaban J connectivity index is 3.10. The van der Waals surface area contributed by atoms with Gasteiger partial charge in [0.2, 0.25) is 10.0 Å². The number of anilines is 1. The Morgan fingerprint density at radius 1 is 1.25 bits per heavy atom. The van der Waals surface area contributed by atoms with Crippen molar-refractivity contribution in [2.45, 2.75) is 19.9 Å². The van der Waals surface area contributed by atoms with Crippen LogP contribution >= 0.6 is 0 Å². The molecule has 0 aliphatic carbocycles. The molecule has 0 bridgehead atoms. The van der Waals surface area contributed by atoms with Crippen LogP contribution < -0.4 is 24.8 Å². The molecule has 24 heavy (non-hydrogen) atoms. The minimum absolute atomic E-state index is 0.118. The molecule has 0 saturated heterocycles. The topological polar surface area (TPSA) is 106 Å². The minimum Gasteiger partial charge on any atom is -0.493 e. The number of carbonyl (C=O) groups is 1. The lowest BCUT2D eigenvalue weighted by atomic mass is 10.1. The van der Waals surface area contributed by atoms with E-state index in [2.05, 4.69) is 15.4 Å². The average molecular weight is 359 g/mol. The van der Waals surface area contributed by atoms with Crippen molar-refractivity contribution < 1.29 is 22.7 Å². The van der Waals surface area contributed by atoms with E-state index >= 15 is 0 Å². The van der Waals surface area contributed by atoms with Gasteiger partial charge in [0.1, 0.15) is 0 Å². The van der Waals surface area contributed by atoms with Crippen LogP contribution in [0.25, 0.3) is 0 Å². The maximum absolute atomic E-state index is 12.3. The minimum atomic E-state index is -3.54. The molecule has 8 nitrogen and oxygen atoms in total. The zero-order valence-electron chi connectivity index (χ0n) is 14.6. The molecule has 9 heteroatoms. The van der Waals surface area contributed by atoms with Gasteiger partial charge < -0.3 is 20.1 Å². The van der Waals surface area contributed by atoms with Crippen molar-refractivity contribution >= 4 is 21.6 Å². The van der Waals surface area contributed by atoms with E-state index in [1.54, 1.807) is 0 Å². The van der Waals surface area contributed by atoms with Crippen LogP contribution in [0.4, 0.5) is 5.69 Å². The fourth-order valence-electron chi connectivity index (χ4n) is 2.14. The highest BCUT2D eigenvalue weighted by Gasteiger charge is 2.18. The Morgan fingerprint density at radius 2 is 1.92 bits per heavy atom. The van der Waals surface area contributed by atoms with Crippen molar-refractivity contribution in [3.63, 3.8) is 0 Å². The first kappa shape index (κ1) is 20.0. The number of hydrogen-bond donors (Lipinski definition) is 3. The molecular formula is C15H25N3O5S. The molecule has 0 radical (unpaired) electrons. The number of amides is 1. The molecule has 3 N–H and O–H groups in total. The summed E-state index contributed by atoms with van der Waals surface area (Å²) in [7, 11) is -0.732. The smallest absolute Gasteiger partial charge is 0.251 e. The molecule has 1 atom stereocenters. The quantitative estimate of drug-likeness (QED) is 0.602. The van der Waals surface area contributed by atoms with E-state index in [1.165, 1.54) is 26.4 Å². The molecule has 1 aromatic rings. The van der Waals surface area contributed by atoms with Gasteiger partial charge in [-0.05, 0) is 25.6 Å². The molecule has 0 aliphatic rings. The summed E-state index contributed by atoms with van der Waals surface area (Å²) in [5.74, 6) is 0.133. The Kier molecular flexibility index (Phi) is 7.30. The van der Waals surface area contributed by atoms with Gasteiger partial charge in [-0.25, -0.2) is 8.42 Å². The fourth-order valence-corrected chi connectivity index (χ4v) is 2.69. The van der Waals surface area contributed by atoms with Crippen LogP contribution in [0.1, 0.15) is 24.2 Å². The number of benzene rings is 1. The molecule has 136 valence electrons. The van der Waals surface area contributed by atoms with Crippen molar-refractivity contribution in [3.8, 4) is 11.5 Å². The molecule has 0 saturated carbocycles. The third kappa shape index (κ3) is 5.89. The zero-order chi connectivity index (χ0) is 18.3. The number of ether oxygens (including phenoxy) is 2. The SMILES string of the molecule is CCN[C@H](C)CNC(=O)c1cc(NS(C)(=O)=O)c(OC)c(OC)c1. The summed E-state index contributed by atoms with van der Waals surface area (Å²) in [5, 5.41) is 5.97. The van der Waals surface area contributed by atoms with E-state index in [0.717, 1.165) is 12.8 Å². The maximum Gasteiger partial charge on any atom is 0.251 e. The van der Waals surface area contributed by atoms with E-state index in [1.807, 2.05) is 13.8 Å². The van der Waals surface area contributed by atoms with E-state index in [-0.39, 0.29) is 34.7 Å². The Hall–Kier alpha value is -2.00. The van der Waals surface area contributed by atoms with Gasteiger partial charge in [0.15, 0.2) is 11.5 Å². The predicted octanol–water partition coefficient (Wildman–Crippen LogP) is 0.803. The summed E-state index contributed by atoms with van der Waals surface area (Å²) in [6, 6.07) is 3.03. The summed E-state index contributed by atoms with van der Waals surface area (Å²) in [4.78, 5) is 12.3. The molecule has 0 heterocycles. The third-order valence-electron chi connectivity index (χ3n) is 3.16. The van der Waals surface area contributed by atoms with Gasteiger partial charge in [-0.1, -0.05) is 6.92 Å². The molecule has 0 spiro atoms. The van der Waals surface area contributed by atoms with Gasteiger partial charge in [-0.2, -0.15) is 0 Å². The molecule has 0 unspecified atom stereocenters. The predicted molar refractivity (Wildman–Crippen MR) is 93.5 cm³/mol. The number of sulfonamides is 1. The molecular weight excluding hydrogens is 334 g/mol. The van der Waals surface area contributed by atoms with Gasteiger partial charge in [0.05, 0.1) is 26.2 Å². The van der Waals surface area contributed by atoms with Crippen LogP contribution in [0.15, 0.2) is 12.1 Å². The Morgan fingerprint density at radius 3 is 2.42 bits per heavy atom. The normalized spacial score (nSPS) is 12.4. The van der Waals surface area contributed by atoms with Crippen molar-refractivity contribution in [2.75, 3.05) is 38.3 Å². The first-order chi connectivity index (χ1) is 11.2.